The van der Waals surface area contributed by atoms with Crippen molar-refractivity contribution in [1.29, 1.82) is 0 Å². The van der Waals surface area contributed by atoms with E-state index < -0.39 is 66.4 Å². The Labute approximate surface area is 211 Å². The fraction of sp³-hybridized carbons (Fsp3) is 0.500. The van der Waals surface area contributed by atoms with Gasteiger partial charge in [0.2, 0.25) is 17.7 Å². The molecule has 0 spiro atoms. The predicted molar refractivity (Wildman–Crippen MR) is 130 cm³/mol. The summed E-state index contributed by atoms with van der Waals surface area (Å²) in [4.78, 5) is 60.6. The second kappa shape index (κ2) is 14.9. The van der Waals surface area contributed by atoms with E-state index in [1.807, 2.05) is 5.32 Å². The van der Waals surface area contributed by atoms with Gasteiger partial charge in [0.15, 0.2) is 6.04 Å². The fourth-order valence-electron chi connectivity index (χ4n) is 3.06. The maximum absolute atomic E-state index is 12.9. The summed E-state index contributed by atoms with van der Waals surface area (Å²) < 4.78 is 0. The third kappa shape index (κ3) is 10.5. The molecule has 9 N–H and O–H groups in total. The molecular weight excluding hydrogens is 496 g/mol. The number of aliphatic hydroxyl groups excluding tert-OH is 1. The van der Waals surface area contributed by atoms with Crippen LogP contribution in [0.1, 0.15) is 25.3 Å². The van der Waals surface area contributed by atoms with Gasteiger partial charge in [-0.25, -0.2) is 4.79 Å². The molecule has 5 atom stereocenters. The van der Waals surface area contributed by atoms with Gasteiger partial charge in [-0.05, 0) is 49.5 Å². The van der Waals surface area contributed by atoms with Crippen LogP contribution >= 0.6 is 11.8 Å². The number of rotatable bonds is 15. The van der Waals surface area contributed by atoms with Gasteiger partial charge in [-0.1, -0.05) is 12.1 Å². The minimum Gasteiger partial charge on any atom is -0.508 e. The third-order valence-corrected chi connectivity index (χ3v) is 5.67. The number of aliphatic hydroxyl groups is 1. The van der Waals surface area contributed by atoms with Crippen LogP contribution in [0.3, 0.4) is 0 Å². The van der Waals surface area contributed by atoms with Crippen LogP contribution in [0, 0.1) is 0 Å². The molecule has 0 saturated carbocycles. The summed E-state index contributed by atoms with van der Waals surface area (Å²) in [6, 6.07) is 0.459. The van der Waals surface area contributed by atoms with Gasteiger partial charge in [-0.15, -0.1) is 0 Å². The van der Waals surface area contributed by atoms with Crippen LogP contribution in [-0.2, 0) is 30.4 Å². The molecule has 0 radical (unpaired) electrons. The number of nitrogens with two attached hydrogens (primary N) is 1. The fourth-order valence-corrected chi connectivity index (χ4v) is 3.53. The smallest absolute Gasteiger partial charge is 0.328 e. The number of phenolic OH excluding ortho intramolecular Hbond substituents is 1. The van der Waals surface area contributed by atoms with E-state index in [9.17, 15) is 34.2 Å². The van der Waals surface area contributed by atoms with E-state index in [0.29, 0.717) is 11.3 Å². The molecule has 0 heterocycles. The normalized spacial score (nSPS) is 15.0. The Morgan fingerprint density at radius 2 is 1.50 bits per heavy atom. The average molecular weight is 529 g/mol. The van der Waals surface area contributed by atoms with Crippen LogP contribution in [0.25, 0.3) is 0 Å². The van der Waals surface area contributed by atoms with Gasteiger partial charge in [-0.2, -0.15) is 11.8 Å². The van der Waals surface area contributed by atoms with E-state index in [1.54, 1.807) is 18.4 Å². The summed E-state index contributed by atoms with van der Waals surface area (Å²) in [6.45, 7) is 1.12. The molecule has 14 heteroatoms. The zero-order valence-corrected chi connectivity index (χ0v) is 20.7. The zero-order chi connectivity index (χ0) is 27.4. The Bertz CT molecular complexity index is 927. The highest BCUT2D eigenvalue weighted by Crippen LogP contribution is 2.11. The first-order chi connectivity index (χ1) is 16.8. The number of thioether (sulfide) groups is 1. The van der Waals surface area contributed by atoms with Gasteiger partial charge in [0.25, 0.3) is 0 Å². The van der Waals surface area contributed by atoms with Crippen molar-refractivity contribution in [3.63, 3.8) is 0 Å². The maximum Gasteiger partial charge on any atom is 0.328 e. The van der Waals surface area contributed by atoms with Gasteiger partial charge >= 0.3 is 11.9 Å². The highest BCUT2D eigenvalue weighted by molar-refractivity contribution is 7.98. The summed E-state index contributed by atoms with van der Waals surface area (Å²) in [5, 5.41) is 44.0. The van der Waals surface area contributed by atoms with Gasteiger partial charge < -0.3 is 42.1 Å². The summed E-state index contributed by atoms with van der Waals surface area (Å²) in [6.07, 6.45) is -0.333. The van der Waals surface area contributed by atoms with Crippen molar-refractivity contribution in [2.24, 2.45) is 5.73 Å². The molecule has 0 aromatic heterocycles. The number of hydrogen-bond acceptors (Lipinski definition) is 9. The van der Waals surface area contributed by atoms with E-state index in [4.69, 9.17) is 15.9 Å². The molecular formula is C22H32N4O9S. The highest BCUT2D eigenvalue weighted by Gasteiger charge is 2.33. The minimum absolute atomic E-state index is 0.0497. The Morgan fingerprint density at radius 1 is 0.944 bits per heavy atom. The molecule has 3 amide bonds. The number of carboxylic acids is 2. The van der Waals surface area contributed by atoms with Gasteiger partial charge in [0, 0.05) is 0 Å². The van der Waals surface area contributed by atoms with Crippen LogP contribution < -0.4 is 21.7 Å². The first-order valence-electron chi connectivity index (χ1n) is 10.9. The zero-order valence-electron chi connectivity index (χ0n) is 19.8. The van der Waals surface area contributed by atoms with Crippen molar-refractivity contribution in [3.05, 3.63) is 29.8 Å². The van der Waals surface area contributed by atoms with Crippen LogP contribution in [0.2, 0.25) is 0 Å². The van der Waals surface area contributed by atoms with Crippen molar-refractivity contribution in [2.45, 2.75) is 56.5 Å². The van der Waals surface area contributed by atoms with E-state index in [-0.39, 0.29) is 18.6 Å². The molecule has 0 aliphatic carbocycles. The largest absolute Gasteiger partial charge is 0.508 e. The van der Waals surface area contributed by atoms with Gasteiger partial charge in [0.1, 0.15) is 17.8 Å². The lowest BCUT2D eigenvalue weighted by Crippen LogP contribution is -2.58. The van der Waals surface area contributed by atoms with Crippen molar-refractivity contribution in [2.75, 3.05) is 12.0 Å². The lowest BCUT2D eigenvalue weighted by Gasteiger charge is -2.25. The number of carbonyl (C=O) groups is 5. The SMILES string of the molecule is CSCCC(NC(=O)C(N)Cc1ccc(O)cc1)C(=O)NC(CC(=O)O)C(=O)NC(C(=O)O)C(C)O. The summed E-state index contributed by atoms with van der Waals surface area (Å²) in [5.41, 5.74) is 6.63. The Morgan fingerprint density at radius 3 is 2.00 bits per heavy atom. The number of hydrogen-bond donors (Lipinski definition) is 8. The van der Waals surface area contributed by atoms with Gasteiger partial charge in [-0.3, -0.25) is 19.2 Å². The van der Waals surface area contributed by atoms with E-state index in [2.05, 4.69) is 10.6 Å². The molecule has 0 aliphatic heterocycles. The van der Waals surface area contributed by atoms with Crippen LogP contribution in [0.15, 0.2) is 24.3 Å². The highest BCUT2D eigenvalue weighted by atomic mass is 32.2. The van der Waals surface area contributed by atoms with Crippen LogP contribution in [0.5, 0.6) is 5.75 Å². The van der Waals surface area contributed by atoms with Crippen molar-refractivity contribution >= 4 is 41.4 Å². The molecule has 1 rings (SSSR count). The number of phenols is 1. The summed E-state index contributed by atoms with van der Waals surface area (Å²) >= 11 is 1.38. The number of aliphatic carboxylic acids is 2. The van der Waals surface area contributed by atoms with Crippen LogP contribution in [0.4, 0.5) is 0 Å². The van der Waals surface area contributed by atoms with Crippen molar-refractivity contribution in [1.82, 2.24) is 16.0 Å². The predicted octanol–water partition coefficient (Wildman–Crippen LogP) is -1.59. The van der Waals surface area contributed by atoms with E-state index in [0.717, 1.165) is 6.92 Å². The molecule has 1 aromatic carbocycles. The minimum atomic E-state index is -1.73. The molecule has 5 unspecified atom stereocenters. The lowest BCUT2D eigenvalue weighted by atomic mass is 10.0. The molecule has 200 valence electrons. The standard InChI is InChI=1S/C22H32N4O9S/c1-11(27)18(22(34)35)26-21(33)16(10-17(29)30)25-20(32)15(7-8-36-2)24-19(31)14(23)9-12-3-5-13(28)6-4-12/h3-6,11,14-16,18,27-28H,7-10,23H2,1-2H3,(H,24,31)(H,25,32)(H,26,33)(H,29,30)(H,34,35). The Hall–Kier alpha value is -3.36. The second-order valence-corrected chi connectivity index (χ2v) is 9.03. The van der Waals surface area contributed by atoms with Gasteiger partial charge in [0.05, 0.1) is 18.6 Å². The first kappa shape index (κ1) is 30.7. The van der Waals surface area contributed by atoms with Crippen molar-refractivity contribution < 1.29 is 44.4 Å². The van der Waals surface area contributed by atoms with Crippen LogP contribution in [-0.4, -0.2) is 92.4 Å². The number of nitrogens with one attached hydrogen (secondary N) is 3. The van der Waals surface area contributed by atoms with E-state index >= 15 is 0 Å². The molecule has 1 aromatic rings. The average Bonchev–Trinajstić information content (AvgIpc) is 2.79. The topological polar surface area (TPSA) is 228 Å². The molecule has 0 bridgehead atoms. The molecule has 0 saturated heterocycles. The maximum atomic E-state index is 12.9. The summed E-state index contributed by atoms with van der Waals surface area (Å²) in [7, 11) is 0. The number of benzene rings is 1. The number of carboxylic acid groups (broad SMARTS) is 2. The number of amides is 3. The number of carbonyl (C=O) groups excluding carboxylic acids is 3. The third-order valence-electron chi connectivity index (χ3n) is 5.03. The second-order valence-electron chi connectivity index (χ2n) is 8.04. The molecule has 36 heavy (non-hydrogen) atoms. The molecule has 0 fully saturated rings. The monoisotopic (exact) mass is 528 g/mol. The quantitative estimate of drug-likeness (QED) is 0.129. The van der Waals surface area contributed by atoms with E-state index in [1.165, 1.54) is 23.9 Å². The summed E-state index contributed by atoms with van der Waals surface area (Å²) in [5.74, 6) is -5.16. The Kier molecular flexibility index (Phi) is 12.7. The number of aromatic hydroxyl groups is 1. The Balaban J connectivity index is 2.95. The van der Waals surface area contributed by atoms with Crippen molar-refractivity contribution in [3.8, 4) is 5.75 Å². The lowest BCUT2D eigenvalue weighted by molar-refractivity contribution is -0.146. The molecule has 13 nitrogen and oxygen atoms in total. The first-order valence-corrected chi connectivity index (χ1v) is 12.3. The molecule has 0 aliphatic rings.